The molecule has 0 saturated carbocycles. The summed E-state index contributed by atoms with van der Waals surface area (Å²) in [7, 11) is -3.52. The van der Waals surface area contributed by atoms with Gasteiger partial charge < -0.3 is 0 Å². The van der Waals surface area contributed by atoms with Crippen LogP contribution in [0.5, 0.6) is 0 Å². The smallest absolute Gasteiger partial charge is 0.207 e. The number of rotatable bonds is 3. The van der Waals surface area contributed by atoms with Crippen molar-refractivity contribution in [1.82, 2.24) is 4.72 Å². The minimum Gasteiger partial charge on any atom is -0.207 e. The van der Waals surface area contributed by atoms with Gasteiger partial charge in [-0.25, -0.2) is 13.1 Å². The van der Waals surface area contributed by atoms with Gasteiger partial charge in [0, 0.05) is 4.83 Å². The molecule has 0 heterocycles. The number of fused-ring (bicyclic) bond motifs is 1. The molecule has 2 aromatic carbocycles. The Labute approximate surface area is 133 Å². The number of hydrogen-bond donors (Lipinski definition) is 1. The lowest BCUT2D eigenvalue weighted by atomic mass is 10.1. The lowest BCUT2D eigenvalue weighted by Gasteiger charge is -2.18. The summed E-state index contributed by atoms with van der Waals surface area (Å²) in [6, 6.07) is 14.6. The van der Waals surface area contributed by atoms with Crippen LogP contribution in [-0.2, 0) is 16.4 Å². The van der Waals surface area contributed by atoms with Gasteiger partial charge in [-0.2, -0.15) is 0 Å². The minimum absolute atomic E-state index is 0.0788. The maximum absolute atomic E-state index is 12.5. The van der Waals surface area contributed by atoms with Crippen molar-refractivity contribution in [1.29, 1.82) is 0 Å². The van der Waals surface area contributed by atoms with Crippen LogP contribution < -0.4 is 4.72 Å². The van der Waals surface area contributed by atoms with Crippen LogP contribution in [0.1, 0.15) is 22.7 Å². The predicted octanol–water partition coefficient (Wildman–Crippen LogP) is 3.33. The first-order chi connectivity index (χ1) is 9.97. The summed E-state index contributed by atoms with van der Waals surface area (Å²) in [5.41, 5.74) is 3.28. The summed E-state index contributed by atoms with van der Waals surface area (Å²) in [6.45, 7) is 1.94. The first-order valence-electron chi connectivity index (χ1n) is 6.78. The molecule has 0 radical (unpaired) electrons. The van der Waals surface area contributed by atoms with E-state index < -0.39 is 10.0 Å². The van der Waals surface area contributed by atoms with E-state index >= 15 is 0 Å². The molecule has 5 heteroatoms. The minimum atomic E-state index is -3.52. The average molecular weight is 366 g/mol. The number of aryl methyl sites for hydroxylation is 1. The number of benzene rings is 2. The van der Waals surface area contributed by atoms with Gasteiger partial charge in [0.15, 0.2) is 0 Å². The Morgan fingerprint density at radius 1 is 1.10 bits per heavy atom. The molecule has 2 unspecified atom stereocenters. The van der Waals surface area contributed by atoms with Crippen molar-refractivity contribution < 1.29 is 8.42 Å². The highest BCUT2D eigenvalue weighted by Gasteiger charge is 2.33. The third-order valence-corrected chi connectivity index (χ3v) is 6.09. The topological polar surface area (TPSA) is 46.2 Å². The predicted molar refractivity (Wildman–Crippen MR) is 87.1 cm³/mol. The first-order valence-corrected chi connectivity index (χ1v) is 9.18. The lowest BCUT2D eigenvalue weighted by Crippen LogP contribution is -2.31. The van der Waals surface area contributed by atoms with Crippen LogP contribution >= 0.6 is 15.9 Å². The third-order valence-electron chi connectivity index (χ3n) is 3.78. The van der Waals surface area contributed by atoms with E-state index in [1.165, 1.54) is 5.56 Å². The van der Waals surface area contributed by atoms with Crippen molar-refractivity contribution in [3.8, 4) is 0 Å². The maximum atomic E-state index is 12.5. The maximum Gasteiger partial charge on any atom is 0.241 e. The van der Waals surface area contributed by atoms with Crippen molar-refractivity contribution >= 4 is 26.0 Å². The average Bonchev–Trinajstić information content (AvgIpc) is 2.75. The molecule has 1 aliphatic rings. The Balaban J connectivity index is 1.91. The molecule has 3 rings (SSSR count). The molecular weight excluding hydrogens is 350 g/mol. The van der Waals surface area contributed by atoms with Gasteiger partial charge >= 0.3 is 0 Å². The van der Waals surface area contributed by atoms with Crippen LogP contribution in [0.2, 0.25) is 0 Å². The van der Waals surface area contributed by atoms with Gasteiger partial charge in [0.25, 0.3) is 0 Å². The SMILES string of the molecule is Cc1ccc(S(=O)(=O)NC2c3ccccc3CC2Br)cc1. The molecule has 1 aliphatic carbocycles. The van der Waals surface area contributed by atoms with E-state index in [1.54, 1.807) is 12.1 Å². The highest BCUT2D eigenvalue weighted by atomic mass is 79.9. The fourth-order valence-electron chi connectivity index (χ4n) is 2.64. The van der Waals surface area contributed by atoms with E-state index in [9.17, 15) is 8.42 Å². The zero-order valence-corrected chi connectivity index (χ0v) is 14.0. The van der Waals surface area contributed by atoms with Gasteiger partial charge in [-0.1, -0.05) is 57.9 Å². The van der Waals surface area contributed by atoms with E-state index in [0.717, 1.165) is 17.5 Å². The van der Waals surface area contributed by atoms with Crippen LogP contribution in [0.25, 0.3) is 0 Å². The molecular formula is C16H16BrNO2S. The summed E-state index contributed by atoms with van der Waals surface area (Å²) in [6.07, 6.45) is 0.831. The number of hydrogen-bond acceptors (Lipinski definition) is 2. The van der Waals surface area contributed by atoms with Crippen molar-refractivity contribution in [2.75, 3.05) is 0 Å². The Bertz CT molecular complexity index is 756. The summed E-state index contributed by atoms with van der Waals surface area (Å²) < 4.78 is 27.9. The first kappa shape index (κ1) is 14.8. The zero-order chi connectivity index (χ0) is 15.0. The second kappa shape index (κ2) is 5.55. The molecule has 0 bridgehead atoms. The molecule has 0 fully saturated rings. The highest BCUT2D eigenvalue weighted by molar-refractivity contribution is 9.09. The normalized spacial score (nSPS) is 21.2. The van der Waals surface area contributed by atoms with Gasteiger partial charge in [0.05, 0.1) is 10.9 Å². The van der Waals surface area contributed by atoms with Gasteiger partial charge in [-0.05, 0) is 36.6 Å². The molecule has 2 aromatic rings. The molecule has 21 heavy (non-hydrogen) atoms. The summed E-state index contributed by atoms with van der Waals surface area (Å²) in [5, 5.41) is 0. The Morgan fingerprint density at radius 2 is 1.76 bits per heavy atom. The standard InChI is InChI=1S/C16H16BrNO2S/c1-11-6-8-13(9-7-11)21(19,20)18-16-14-5-3-2-4-12(14)10-15(16)17/h2-9,15-16,18H,10H2,1H3. The van der Waals surface area contributed by atoms with Crippen molar-refractivity contribution in [2.45, 2.75) is 29.1 Å². The van der Waals surface area contributed by atoms with E-state index in [-0.39, 0.29) is 10.9 Å². The fraction of sp³-hybridized carbons (Fsp3) is 0.250. The Hall–Kier alpha value is -1.17. The number of alkyl halides is 1. The largest absolute Gasteiger partial charge is 0.241 e. The van der Waals surface area contributed by atoms with Gasteiger partial charge in [0.2, 0.25) is 10.0 Å². The molecule has 0 spiro atoms. The molecule has 1 N–H and O–H groups in total. The molecule has 3 nitrogen and oxygen atoms in total. The molecule has 2 atom stereocenters. The summed E-state index contributed by atoms with van der Waals surface area (Å²) in [4.78, 5) is 0.382. The Kier molecular flexibility index (Phi) is 3.90. The van der Waals surface area contributed by atoms with Crippen molar-refractivity contribution in [3.63, 3.8) is 0 Å². The molecule has 0 saturated heterocycles. The fourth-order valence-corrected chi connectivity index (χ4v) is 4.83. The van der Waals surface area contributed by atoms with Crippen LogP contribution in [0.15, 0.2) is 53.4 Å². The molecule has 0 amide bonds. The van der Waals surface area contributed by atoms with Gasteiger partial charge in [-0.15, -0.1) is 0 Å². The van der Waals surface area contributed by atoms with Crippen molar-refractivity contribution in [2.24, 2.45) is 0 Å². The van der Waals surface area contributed by atoms with Crippen LogP contribution in [0, 0.1) is 6.92 Å². The lowest BCUT2D eigenvalue weighted by molar-refractivity contribution is 0.559. The monoisotopic (exact) mass is 365 g/mol. The summed E-state index contributed by atoms with van der Waals surface area (Å²) >= 11 is 3.60. The van der Waals surface area contributed by atoms with Crippen LogP contribution in [0.3, 0.4) is 0 Å². The zero-order valence-electron chi connectivity index (χ0n) is 11.6. The van der Waals surface area contributed by atoms with Crippen LogP contribution in [0.4, 0.5) is 0 Å². The number of halogens is 1. The van der Waals surface area contributed by atoms with Gasteiger partial charge in [-0.3, -0.25) is 0 Å². The molecule has 0 aromatic heterocycles. The molecule has 0 aliphatic heterocycles. The van der Waals surface area contributed by atoms with E-state index in [2.05, 4.69) is 20.7 Å². The van der Waals surface area contributed by atoms with Crippen molar-refractivity contribution in [3.05, 3.63) is 65.2 Å². The Morgan fingerprint density at radius 3 is 2.48 bits per heavy atom. The highest BCUT2D eigenvalue weighted by Crippen LogP contribution is 2.36. The number of nitrogens with one attached hydrogen (secondary N) is 1. The van der Waals surface area contributed by atoms with Gasteiger partial charge in [0.1, 0.15) is 0 Å². The van der Waals surface area contributed by atoms with Crippen LogP contribution in [-0.4, -0.2) is 13.2 Å². The second-order valence-corrected chi connectivity index (χ2v) is 8.22. The third kappa shape index (κ3) is 2.91. The van der Waals surface area contributed by atoms with E-state index in [0.29, 0.717) is 4.90 Å². The quantitative estimate of drug-likeness (QED) is 0.847. The number of sulfonamides is 1. The van der Waals surface area contributed by atoms with E-state index in [1.807, 2.05) is 43.3 Å². The van der Waals surface area contributed by atoms with E-state index in [4.69, 9.17) is 0 Å². The molecule has 110 valence electrons. The summed E-state index contributed by atoms with van der Waals surface area (Å²) in [5.74, 6) is 0. The second-order valence-electron chi connectivity index (χ2n) is 5.33.